The SMILES string of the molecule is NC(=O)C12CC[N+](CC1)CC2. The molecule has 0 unspecified atom stereocenters. The molecule has 0 aromatic rings. The third kappa shape index (κ3) is 0.948. The quantitative estimate of drug-likeness (QED) is 0.522. The summed E-state index contributed by atoms with van der Waals surface area (Å²) in [5.41, 5.74) is 5.26. The first kappa shape index (κ1) is 7.10. The average Bonchev–Trinajstić information content (AvgIpc) is 2.08. The second-order valence-corrected chi connectivity index (χ2v) is 3.74. The molecule has 0 aromatic carbocycles. The van der Waals surface area contributed by atoms with Crippen molar-refractivity contribution in [3.05, 3.63) is 0 Å². The van der Waals surface area contributed by atoms with Crippen molar-refractivity contribution >= 4 is 5.91 Å². The van der Waals surface area contributed by atoms with Crippen molar-refractivity contribution in [1.29, 1.82) is 0 Å². The van der Waals surface area contributed by atoms with Crippen molar-refractivity contribution in [3.8, 4) is 0 Å². The Labute approximate surface area is 66.5 Å². The lowest BCUT2D eigenvalue weighted by Gasteiger charge is -2.39. The van der Waals surface area contributed by atoms with E-state index in [1.165, 1.54) is 0 Å². The molecule has 3 heteroatoms. The zero-order chi connectivity index (χ0) is 7.90. The predicted octanol–water partition coefficient (Wildman–Crippen LogP) is -0.204. The minimum absolute atomic E-state index is 0.0724. The van der Waals surface area contributed by atoms with E-state index in [9.17, 15) is 4.79 Å². The number of rotatable bonds is 1. The van der Waals surface area contributed by atoms with E-state index in [2.05, 4.69) is 4.90 Å². The van der Waals surface area contributed by atoms with Crippen LogP contribution in [0, 0.1) is 5.41 Å². The lowest BCUT2D eigenvalue weighted by Crippen LogP contribution is -2.56. The molecule has 3 nitrogen and oxygen atoms in total. The summed E-state index contributed by atoms with van der Waals surface area (Å²) in [6.45, 7) is 3.22. The molecule has 0 saturated carbocycles. The number of amides is 1. The minimum atomic E-state index is -0.116. The van der Waals surface area contributed by atoms with Gasteiger partial charge in [0.15, 0.2) is 0 Å². The Morgan fingerprint density at radius 2 is 1.64 bits per heavy atom. The Morgan fingerprint density at radius 1 is 1.18 bits per heavy atom. The maximum absolute atomic E-state index is 11.1. The fraction of sp³-hybridized carbons (Fsp3) is 0.875. The summed E-state index contributed by atoms with van der Waals surface area (Å²) in [5.74, 6) is -0.0724. The minimum Gasteiger partial charge on any atom is -0.369 e. The van der Waals surface area contributed by atoms with Crippen LogP contribution in [0.3, 0.4) is 0 Å². The molecule has 11 heavy (non-hydrogen) atoms. The highest BCUT2D eigenvalue weighted by Crippen LogP contribution is 2.38. The zero-order valence-corrected chi connectivity index (χ0v) is 6.68. The van der Waals surface area contributed by atoms with E-state index >= 15 is 0 Å². The average molecular weight is 154 g/mol. The summed E-state index contributed by atoms with van der Waals surface area (Å²) in [5, 5.41) is 0. The van der Waals surface area contributed by atoms with Crippen molar-refractivity contribution in [2.75, 3.05) is 19.6 Å². The first-order chi connectivity index (χ1) is 5.23. The van der Waals surface area contributed by atoms with E-state index in [1.807, 2.05) is 0 Å². The molecule has 3 heterocycles. The molecule has 0 aromatic heterocycles. The van der Waals surface area contributed by atoms with E-state index in [0.29, 0.717) is 0 Å². The molecule has 2 bridgehead atoms. The van der Waals surface area contributed by atoms with Gasteiger partial charge in [0.1, 0.15) is 19.6 Å². The van der Waals surface area contributed by atoms with Crippen LogP contribution in [-0.4, -0.2) is 25.5 Å². The first-order valence-corrected chi connectivity index (χ1v) is 4.25. The van der Waals surface area contributed by atoms with Crippen LogP contribution >= 0.6 is 0 Å². The van der Waals surface area contributed by atoms with Crippen LogP contribution in [-0.2, 0) is 4.79 Å². The van der Waals surface area contributed by atoms with Crippen LogP contribution in [0.1, 0.15) is 19.3 Å². The summed E-state index contributed by atoms with van der Waals surface area (Å²) in [6, 6.07) is 0. The number of nitrogens with two attached hydrogens (primary N) is 1. The Balaban J connectivity index is 2.18. The molecule has 1 radical (unpaired) electrons. The zero-order valence-electron chi connectivity index (χ0n) is 6.68. The van der Waals surface area contributed by atoms with Crippen molar-refractivity contribution < 1.29 is 4.79 Å². The molecular weight excluding hydrogens is 140 g/mol. The van der Waals surface area contributed by atoms with Gasteiger partial charge in [-0.05, 0) is 0 Å². The molecule has 3 aliphatic heterocycles. The van der Waals surface area contributed by atoms with Crippen LogP contribution in [0.2, 0.25) is 0 Å². The molecule has 3 fully saturated rings. The number of nitrogens with zero attached hydrogens (tertiary/aromatic N) is 1. The maximum atomic E-state index is 11.1. The fourth-order valence-electron chi connectivity index (χ4n) is 2.20. The summed E-state index contributed by atoms with van der Waals surface area (Å²) in [4.78, 5) is 13.5. The standard InChI is InChI=1S/C8H14N2O/c9-7(11)8-1-4-10(5-2-8)6-3-8/h1-6H2,(H2,9,11)/q+1. The number of piperidine rings is 3. The van der Waals surface area contributed by atoms with E-state index in [1.54, 1.807) is 0 Å². The second-order valence-electron chi connectivity index (χ2n) is 3.74. The third-order valence-electron chi connectivity index (χ3n) is 3.24. The molecule has 3 saturated heterocycles. The van der Waals surface area contributed by atoms with Crippen LogP contribution < -0.4 is 10.6 Å². The second kappa shape index (κ2) is 2.21. The molecule has 0 aliphatic carbocycles. The van der Waals surface area contributed by atoms with Gasteiger partial charge in [0.2, 0.25) is 5.91 Å². The highest BCUT2D eigenvalue weighted by molar-refractivity contribution is 5.81. The van der Waals surface area contributed by atoms with Gasteiger partial charge in [-0.2, -0.15) is 4.90 Å². The molecular formula is C8H14N2O+. The van der Waals surface area contributed by atoms with E-state index in [0.717, 1.165) is 38.9 Å². The van der Waals surface area contributed by atoms with Gasteiger partial charge in [-0.15, -0.1) is 0 Å². The van der Waals surface area contributed by atoms with Crippen LogP contribution in [0.4, 0.5) is 0 Å². The molecule has 0 spiro atoms. The summed E-state index contributed by atoms with van der Waals surface area (Å²) >= 11 is 0. The number of carbonyl (C=O) groups is 1. The fourth-order valence-corrected chi connectivity index (χ4v) is 2.20. The summed E-state index contributed by atoms with van der Waals surface area (Å²) in [7, 11) is 0. The Morgan fingerprint density at radius 3 is 1.91 bits per heavy atom. The number of hydrogen-bond acceptors (Lipinski definition) is 2. The maximum Gasteiger partial charge on any atom is 0.224 e. The van der Waals surface area contributed by atoms with Crippen molar-refractivity contribution in [2.24, 2.45) is 11.1 Å². The molecule has 2 N–H and O–H groups in total. The van der Waals surface area contributed by atoms with Gasteiger partial charge < -0.3 is 5.73 Å². The predicted molar refractivity (Wildman–Crippen MR) is 42.2 cm³/mol. The lowest BCUT2D eigenvalue weighted by atomic mass is 9.71. The number of fused-ring (bicyclic) bond motifs is 3. The van der Waals surface area contributed by atoms with Crippen molar-refractivity contribution in [1.82, 2.24) is 4.90 Å². The normalized spacial score (nSPS) is 42.4. The van der Waals surface area contributed by atoms with E-state index < -0.39 is 0 Å². The molecule has 0 atom stereocenters. The Bertz CT molecular complexity index is 169. The monoisotopic (exact) mass is 154 g/mol. The Hall–Kier alpha value is -0.570. The number of carbonyl (C=O) groups excluding carboxylic acids is 1. The number of primary amides is 1. The van der Waals surface area contributed by atoms with Gasteiger partial charge in [-0.3, -0.25) is 4.79 Å². The smallest absolute Gasteiger partial charge is 0.224 e. The van der Waals surface area contributed by atoms with Gasteiger partial charge in [-0.1, -0.05) is 0 Å². The molecule has 61 valence electrons. The largest absolute Gasteiger partial charge is 0.369 e. The van der Waals surface area contributed by atoms with E-state index in [4.69, 9.17) is 5.73 Å². The summed E-state index contributed by atoms with van der Waals surface area (Å²) in [6.07, 6.45) is 2.97. The third-order valence-corrected chi connectivity index (χ3v) is 3.24. The van der Waals surface area contributed by atoms with Crippen LogP contribution in [0.15, 0.2) is 0 Å². The van der Waals surface area contributed by atoms with Crippen molar-refractivity contribution in [2.45, 2.75) is 19.3 Å². The van der Waals surface area contributed by atoms with Gasteiger partial charge in [0, 0.05) is 19.3 Å². The highest BCUT2D eigenvalue weighted by atomic mass is 16.1. The van der Waals surface area contributed by atoms with Gasteiger partial charge >= 0.3 is 0 Å². The highest BCUT2D eigenvalue weighted by Gasteiger charge is 2.48. The van der Waals surface area contributed by atoms with Crippen LogP contribution in [0.25, 0.3) is 0 Å². The van der Waals surface area contributed by atoms with Crippen LogP contribution in [0.5, 0.6) is 0 Å². The Kier molecular flexibility index (Phi) is 1.42. The number of hydrogen-bond donors (Lipinski definition) is 1. The summed E-state index contributed by atoms with van der Waals surface area (Å²) < 4.78 is 0. The molecule has 3 aliphatic rings. The van der Waals surface area contributed by atoms with Gasteiger partial charge in [0.25, 0.3) is 0 Å². The first-order valence-electron chi connectivity index (χ1n) is 4.25. The molecule has 1 amide bonds. The lowest BCUT2D eigenvalue weighted by molar-refractivity contribution is -0.132. The van der Waals surface area contributed by atoms with E-state index in [-0.39, 0.29) is 11.3 Å². The molecule has 3 rings (SSSR count). The van der Waals surface area contributed by atoms with Gasteiger partial charge in [-0.25, -0.2) is 0 Å². The van der Waals surface area contributed by atoms with Gasteiger partial charge in [0.05, 0.1) is 5.41 Å². The van der Waals surface area contributed by atoms with Crippen molar-refractivity contribution in [3.63, 3.8) is 0 Å². The topological polar surface area (TPSA) is 49.0 Å².